The third-order valence-corrected chi connectivity index (χ3v) is 3.21. The van der Waals surface area contributed by atoms with Crippen molar-refractivity contribution in [3.05, 3.63) is 28.3 Å². The lowest BCUT2D eigenvalue weighted by atomic mass is 10.1. The smallest absolute Gasteiger partial charge is 0.407 e. The first-order valence-corrected chi connectivity index (χ1v) is 8.06. The van der Waals surface area contributed by atoms with Crippen molar-refractivity contribution in [1.29, 1.82) is 0 Å². The molecule has 6 nitrogen and oxygen atoms in total. The van der Waals surface area contributed by atoms with Gasteiger partial charge in [-0.15, -0.1) is 0 Å². The van der Waals surface area contributed by atoms with Gasteiger partial charge in [-0.3, -0.25) is 4.79 Å². The van der Waals surface area contributed by atoms with E-state index in [9.17, 15) is 9.59 Å². The Hall–Kier alpha value is -1.79. The van der Waals surface area contributed by atoms with Gasteiger partial charge in [0.2, 0.25) is 5.91 Å². The van der Waals surface area contributed by atoms with Crippen molar-refractivity contribution in [2.24, 2.45) is 0 Å². The number of hydrogen-bond donors (Lipinski definition) is 2. The number of hydrogen-bond acceptors (Lipinski definition) is 4. The van der Waals surface area contributed by atoms with Crippen LogP contribution in [0.5, 0.6) is 0 Å². The lowest BCUT2D eigenvalue weighted by Gasteiger charge is -2.20. The highest BCUT2D eigenvalue weighted by Crippen LogP contribution is 2.27. The van der Waals surface area contributed by atoms with E-state index in [1.54, 1.807) is 31.7 Å². The van der Waals surface area contributed by atoms with Gasteiger partial charge in [-0.1, -0.05) is 17.7 Å². The molecule has 0 atom stereocenters. The fourth-order valence-corrected chi connectivity index (χ4v) is 2.37. The lowest BCUT2D eigenvalue weighted by Crippen LogP contribution is -2.32. The molecule has 0 saturated heterocycles. The van der Waals surface area contributed by atoms with E-state index >= 15 is 0 Å². The van der Waals surface area contributed by atoms with E-state index in [1.807, 2.05) is 27.1 Å². The van der Waals surface area contributed by atoms with Crippen molar-refractivity contribution < 1.29 is 14.3 Å². The van der Waals surface area contributed by atoms with E-state index in [4.69, 9.17) is 16.3 Å². The number of halogens is 1. The number of aryl methyl sites for hydroxylation is 1. The first kappa shape index (κ1) is 20.3. The molecule has 0 fully saturated rings. The monoisotopic (exact) mass is 355 g/mol. The van der Waals surface area contributed by atoms with Crippen LogP contribution in [-0.2, 0) is 16.1 Å². The fraction of sp³-hybridized carbons (Fsp3) is 0.529. The van der Waals surface area contributed by atoms with E-state index in [0.717, 1.165) is 11.1 Å². The molecule has 0 bridgehead atoms. The Kier molecular flexibility index (Phi) is 7.05. The highest BCUT2D eigenvalue weighted by atomic mass is 35.5. The number of rotatable bonds is 5. The summed E-state index contributed by atoms with van der Waals surface area (Å²) in [6, 6.07) is 3.59. The van der Waals surface area contributed by atoms with Gasteiger partial charge in [0, 0.05) is 6.54 Å². The highest BCUT2D eigenvalue weighted by Gasteiger charge is 2.16. The normalized spacial score (nSPS) is 11.3. The fourth-order valence-electron chi connectivity index (χ4n) is 2.03. The van der Waals surface area contributed by atoms with Crippen LogP contribution in [0.4, 0.5) is 10.5 Å². The van der Waals surface area contributed by atoms with Crippen LogP contribution in [0.25, 0.3) is 0 Å². The summed E-state index contributed by atoms with van der Waals surface area (Å²) >= 11 is 6.26. The van der Waals surface area contributed by atoms with Crippen molar-refractivity contribution in [3.8, 4) is 0 Å². The van der Waals surface area contributed by atoms with E-state index in [1.165, 1.54) is 0 Å². The number of nitrogens with zero attached hydrogens (tertiary/aromatic N) is 1. The molecule has 2 N–H and O–H groups in total. The first-order valence-electron chi connectivity index (χ1n) is 7.68. The molecule has 0 aliphatic heterocycles. The Morgan fingerprint density at radius 1 is 1.25 bits per heavy atom. The predicted octanol–water partition coefficient (Wildman–Crippen LogP) is 3.17. The molecule has 2 amide bonds. The number of carbonyl (C=O) groups excluding carboxylic acids is 2. The van der Waals surface area contributed by atoms with Crippen LogP contribution < -0.4 is 10.6 Å². The molecule has 0 unspecified atom stereocenters. The topological polar surface area (TPSA) is 70.7 Å². The molecule has 7 heteroatoms. The second-order valence-electron chi connectivity index (χ2n) is 6.91. The molecular formula is C17H26ClN3O3. The van der Waals surface area contributed by atoms with Crippen LogP contribution in [0.3, 0.4) is 0 Å². The summed E-state index contributed by atoms with van der Waals surface area (Å²) in [7, 11) is 3.64. The largest absolute Gasteiger partial charge is 0.444 e. The number of benzene rings is 1. The summed E-state index contributed by atoms with van der Waals surface area (Å²) in [5, 5.41) is 5.92. The molecule has 24 heavy (non-hydrogen) atoms. The Morgan fingerprint density at radius 3 is 2.38 bits per heavy atom. The Labute approximate surface area is 148 Å². The minimum Gasteiger partial charge on any atom is -0.444 e. The van der Waals surface area contributed by atoms with Gasteiger partial charge >= 0.3 is 6.09 Å². The zero-order valence-electron chi connectivity index (χ0n) is 15.1. The second kappa shape index (κ2) is 8.35. The van der Waals surface area contributed by atoms with E-state index in [0.29, 0.717) is 17.3 Å². The van der Waals surface area contributed by atoms with Crippen molar-refractivity contribution in [1.82, 2.24) is 10.2 Å². The van der Waals surface area contributed by atoms with Crippen LogP contribution in [0, 0.1) is 6.92 Å². The summed E-state index contributed by atoms with van der Waals surface area (Å²) in [4.78, 5) is 25.3. The average Bonchev–Trinajstić information content (AvgIpc) is 2.38. The Balaban J connectivity index is 2.73. The van der Waals surface area contributed by atoms with Crippen molar-refractivity contribution >= 4 is 29.3 Å². The average molecular weight is 356 g/mol. The van der Waals surface area contributed by atoms with E-state index in [-0.39, 0.29) is 12.5 Å². The number of alkyl carbamates (subject to hydrolysis) is 1. The summed E-state index contributed by atoms with van der Waals surface area (Å²) in [5.74, 6) is -0.135. The van der Waals surface area contributed by atoms with Gasteiger partial charge in [0.25, 0.3) is 0 Å². The van der Waals surface area contributed by atoms with Gasteiger partial charge < -0.3 is 20.3 Å². The molecule has 0 radical (unpaired) electrons. The zero-order valence-corrected chi connectivity index (χ0v) is 15.9. The van der Waals surface area contributed by atoms with Crippen LogP contribution in [0.2, 0.25) is 5.02 Å². The summed E-state index contributed by atoms with van der Waals surface area (Å²) in [6.45, 7) is 7.84. The van der Waals surface area contributed by atoms with Crippen molar-refractivity contribution in [3.63, 3.8) is 0 Å². The molecule has 0 heterocycles. The molecule has 1 aromatic carbocycles. The maximum absolute atomic E-state index is 11.9. The van der Waals surface area contributed by atoms with Gasteiger partial charge in [0.15, 0.2) is 0 Å². The maximum Gasteiger partial charge on any atom is 0.407 e. The maximum atomic E-state index is 11.9. The van der Waals surface area contributed by atoms with Gasteiger partial charge in [-0.05, 0) is 59.0 Å². The van der Waals surface area contributed by atoms with E-state index < -0.39 is 11.7 Å². The SMILES string of the molecule is Cc1cc(CNC(=O)OC(C)(C)C)cc(Cl)c1NC(=O)CN(C)C. The van der Waals surface area contributed by atoms with Crippen molar-refractivity contribution in [2.45, 2.75) is 39.8 Å². The quantitative estimate of drug-likeness (QED) is 0.851. The van der Waals surface area contributed by atoms with Gasteiger partial charge in [0.05, 0.1) is 17.3 Å². The standard InChI is InChI=1S/C17H26ClN3O3/c1-11-7-12(9-19-16(23)24-17(2,3)4)8-13(18)15(11)20-14(22)10-21(5)6/h7-8H,9-10H2,1-6H3,(H,19,23)(H,20,22). The minimum atomic E-state index is -0.543. The Morgan fingerprint density at radius 2 is 1.88 bits per heavy atom. The number of carbonyl (C=O) groups is 2. The van der Waals surface area contributed by atoms with E-state index in [2.05, 4.69) is 10.6 Å². The third kappa shape index (κ3) is 7.19. The third-order valence-electron chi connectivity index (χ3n) is 2.91. The predicted molar refractivity (Wildman–Crippen MR) is 96.4 cm³/mol. The molecule has 0 aliphatic carbocycles. The minimum absolute atomic E-state index is 0.135. The molecule has 0 aromatic heterocycles. The molecular weight excluding hydrogens is 330 g/mol. The van der Waals surface area contributed by atoms with Crippen LogP contribution in [0.1, 0.15) is 31.9 Å². The number of nitrogens with one attached hydrogen (secondary N) is 2. The van der Waals surface area contributed by atoms with Crippen LogP contribution in [-0.4, -0.2) is 43.1 Å². The number of anilines is 1. The van der Waals surface area contributed by atoms with Gasteiger partial charge in [-0.25, -0.2) is 4.79 Å². The van der Waals surface area contributed by atoms with Crippen LogP contribution >= 0.6 is 11.6 Å². The molecule has 0 aliphatic rings. The summed E-state index contributed by atoms with van der Waals surface area (Å²) in [5.41, 5.74) is 1.70. The van der Waals surface area contributed by atoms with Crippen molar-refractivity contribution in [2.75, 3.05) is 26.0 Å². The number of amides is 2. The highest BCUT2D eigenvalue weighted by molar-refractivity contribution is 6.34. The first-order chi connectivity index (χ1) is 11.0. The molecule has 1 rings (SSSR count). The zero-order chi connectivity index (χ0) is 18.5. The molecule has 134 valence electrons. The Bertz CT molecular complexity index is 587. The van der Waals surface area contributed by atoms with Gasteiger partial charge in [0.1, 0.15) is 5.60 Å². The molecule has 1 aromatic rings. The van der Waals surface area contributed by atoms with Crippen LogP contribution in [0.15, 0.2) is 12.1 Å². The number of likely N-dealkylation sites (N-methyl/N-ethyl adjacent to an activating group) is 1. The summed E-state index contributed by atoms with van der Waals surface area (Å²) < 4.78 is 5.19. The molecule has 0 saturated carbocycles. The molecule has 0 spiro atoms. The number of ether oxygens (including phenoxy) is 1. The lowest BCUT2D eigenvalue weighted by molar-refractivity contribution is -0.116. The second-order valence-corrected chi connectivity index (χ2v) is 7.32. The summed E-state index contributed by atoms with van der Waals surface area (Å²) in [6.07, 6.45) is -0.486. The van der Waals surface area contributed by atoms with Gasteiger partial charge in [-0.2, -0.15) is 0 Å².